The molecular weight excluding hydrogens is 1180 g/mol. The summed E-state index contributed by atoms with van der Waals surface area (Å²) in [5, 5.41) is 0. The molecule has 0 aromatic heterocycles. The average molecular weight is 1290 g/mol. The Bertz CT molecular complexity index is 2920. The van der Waals surface area contributed by atoms with Crippen LogP contribution in [0.25, 0.3) is 0 Å². The molecule has 0 unspecified atom stereocenters. The van der Waals surface area contributed by atoms with Gasteiger partial charge in [-0.2, -0.15) is 0 Å². The molecule has 512 valence electrons. The number of methoxy groups -OCH3 is 9. The van der Waals surface area contributed by atoms with Gasteiger partial charge in [0.25, 0.3) is 0 Å². The van der Waals surface area contributed by atoms with Crippen LogP contribution in [0, 0.1) is 29.1 Å². The molecule has 15 heteroatoms. The summed E-state index contributed by atoms with van der Waals surface area (Å²) in [5.41, 5.74) is 12.7. The van der Waals surface area contributed by atoms with Gasteiger partial charge in [-0.05, 0) is 99.9 Å². The minimum atomic E-state index is -0.256. The van der Waals surface area contributed by atoms with E-state index in [2.05, 4.69) is 173 Å². The van der Waals surface area contributed by atoms with E-state index in [0.29, 0.717) is 85.9 Å². The van der Waals surface area contributed by atoms with E-state index in [4.69, 9.17) is 71.1 Å². The first-order valence-corrected chi connectivity index (χ1v) is 32.7. The lowest BCUT2D eigenvalue weighted by molar-refractivity contribution is -0.132. The first-order chi connectivity index (χ1) is 45.0. The number of hydrogen-bond acceptors (Lipinski definition) is 15. The number of ether oxygens (including phenoxy) is 15. The lowest BCUT2D eigenvalue weighted by Crippen LogP contribution is -2.44. The van der Waals surface area contributed by atoms with E-state index in [1.807, 2.05) is 20.8 Å². The Hall–Kier alpha value is -5.28. The van der Waals surface area contributed by atoms with Crippen molar-refractivity contribution in [1.82, 2.24) is 0 Å². The van der Waals surface area contributed by atoms with Crippen LogP contribution >= 0.6 is 0 Å². The molecule has 0 saturated heterocycles. The second kappa shape index (κ2) is 41.0. The van der Waals surface area contributed by atoms with Crippen molar-refractivity contribution in [3.63, 3.8) is 0 Å². The minimum Gasteiger partial charge on any atom is -0.384 e. The second-order valence-electron chi connectivity index (χ2n) is 25.6. The highest BCUT2D eigenvalue weighted by atomic mass is 16.5. The summed E-state index contributed by atoms with van der Waals surface area (Å²) in [5.74, 6) is 0.0301. The molecule has 0 fully saturated rings. The third kappa shape index (κ3) is 24.4. The van der Waals surface area contributed by atoms with Crippen molar-refractivity contribution in [1.29, 1.82) is 0 Å². The smallest absolute Gasteiger partial charge is 0.0896 e. The van der Waals surface area contributed by atoms with Gasteiger partial charge < -0.3 is 71.1 Å². The van der Waals surface area contributed by atoms with Gasteiger partial charge in [0.05, 0.1) is 135 Å². The van der Waals surface area contributed by atoms with E-state index in [9.17, 15) is 0 Å². The van der Waals surface area contributed by atoms with Gasteiger partial charge in [-0.25, -0.2) is 0 Å². The molecule has 0 spiro atoms. The molecular formula is C78H110O15. The fraction of sp³-hybridized carbons (Fsp3) is 0.538. The van der Waals surface area contributed by atoms with Gasteiger partial charge >= 0.3 is 0 Å². The van der Waals surface area contributed by atoms with Crippen LogP contribution in [-0.4, -0.2) is 121 Å². The van der Waals surface area contributed by atoms with Gasteiger partial charge in [0.15, 0.2) is 0 Å². The quantitative estimate of drug-likeness (QED) is 0.0358. The van der Waals surface area contributed by atoms with E-state index in [-0.39, 0.29) is 77.9 Å². The Balaban J connectivity index is 1.06. The summed E-state index contributed by atoms with van der Waals surface area (Å²) >= 11 is 0. The fourth-order valence-corrected chi connectivity index (χ4v) is 12.0. The molecule has 0 N–H and O–H groups in total. The van der Waals surface area contributed by atoms with Gasteiger partial charge in [0.1, 0.15) is 0 Å². The van der Waals surface area contributed by atoms with Crippen molar-refractivity contribution in [2.45, 2.75) is 157 Å². The van der Waals surface area contributed by atoms with Gasteiger partial charge in [-0.1, -0.05) is 166 Å². The monoisotopic (exact) mass is 1290 g/mol. The third-order valence-electron chi connectivity index (χ3n) is 17.9. The number of rotatable bonds is 45. The van der Waals surface area contributed by atoms with E-state index >= 15 is 0 Å². The molecule has 6 aromatic carbocycles. The first kappa shape index (κ1) is 76.7. The van der Waals surface area contributed by atoms with Crippen LogP contribution in [0.3, 0.4) is 0 Å². The highest BCUT2D eigenvalue weighted by Gasteiger charge is 2.38. The molecule has 0 radical (unpaired) electrons. The average Bonchev–Trinajstić information content (AvgIpc) is 2.72. The van der Waals surface area contributed by atoms with Crippen molar-refractivity contribution in [3.8, 4) is 0 Å². The Morgan fingerprint density at radius 2 is 0.495 bits per heavy atom. The first-order valence-electron chi connectivity index (χ1n) is 32.7. The van der Waals surface area contributed by atoms with Crippen LogP contribution in [0.5, 0.6) is 0 Å². The standard InChI is InChI=1S/C78H110O15/c1-54(82-11)70(50-79-8)74(85-14)67-35-29-62(30-36-67)44-88-41-58-17-19-61(20-18-58)47-91-53-73(57(4)92-48-65-25-21-59(22-26-65)42-89-45-63-31-37-68(38-32-63)75(86-15)71(51-80-9)55(2)83-12)77(78(5,6)7)93-49-66-27-23-60(24-28-66)43-90-46-64-33-39-69(40-34-64)76(87-16)72(52-81-10)56(3)84-13/h17-40,54-57,70-77H,41-53H2,1-16H3/t54-,55-,56-,57-,70+,71+,72+,73+,74+,75+,76+,77-/m1/s1. The van der Waals surface area contributed by atoms with E-state index < -0.39 is 0 Å². The SMILES string of the molecule is COC[C@@H]([C@@H](C)OC)[C@@H](OC)c1ccc(COCc2ccc(COC[C@H]([C@@H](OCc3ccc(COCc4ccc([C@H](OC)[C@@H](COC)[C@@H](C)OC)cc4)cc3)C(C)(C)C)[C@@H](C)OCc3ccc(COCc4ccc([C@H](OC)[C@@H](COC)[C@@H](C)OC)cc4)cc3)cc2)cc1. The molecule has 15 nitrogen and oxygen atoms in total. The number of benzene rings is 6. The molecule has 0 aliphatic heterocycles. The molecule has 12 atom stereocenters. The van der Waals surface area contributed by atoms with E-state index in [1.54, 1.807) is 64.0 Å². The van der Waals surface area contributed by atoms with Crippen LogP contribution in [-0.2, 0) is 131 Å². The highest BCUT2D eigenvalue weighted by molar-refractivity contribution is 5.29. The molecule has 0 aliphatic rings. The normalized spacial score (nSPS) is 16.0. The van der Waals surface area contributed by atoms with Crippen LogP contribution in [0.15, 0.2) is 146 Å². The summed E-state index contributed by atoms with van der Waals surface area (Å²) in [7, 11) is 15.5. The largest absolute Gasteiger partial charge is 0.384 e. The van der Waals surface area contributed by atoms with Crippen molar-refractivity contribution < 1.29 is 71.1 Å². The topological polar surface area (TPSA) is 138 Å². The zero-order chi connectivity index (χ0) is 67.1. The molecule has 0 aliphatic carbocycles. The third-order valence-corrected chi connectivity index (χ3v) is 17.9. The number of hydrogen-bond donors (Lipinski definition) is 0. The molecule has 0 saturated carbocycles. The van der Waals surface area contributed by atoms with Crippen molar-refractivity contribution in [2.75, 3.05) is 90.4 Å². The van der Waals surface area contributed by atoms with Crippen LogP contribution in [0.4, 0.5) is 0 Å². The molecule has 0 amide bonds. The zero-order valence-electron chi connectivity index (χ0n) is 58.6. The van der Waals surface area contributed by atoms with E-state index in [0.717, 1.165) is 66.8 Å². The predicted octanol–water partition coefficient (Wildman–Crippen LogP) is 15.2. The van der Waals surface area contributed by atoms with Gasteiger partial charge in [0.2, 0.25) is 0 Å². The van der Waals surface area contributed by atoms with Gasteiger partial charge in [-0.3, -0.25) is 0 Å². The van der Waals surface area contributed by atoms with Crippen LogP contribution in [0.1, 0.15) is 134 Å². The Labute approximate surface area is 557 Å². The lowest BCUT2D eigenvalue weighted by Gasteiger charge is -2.39. The lowest BCUT2D eigenvalue weighted by atomic mass is 9.79. The van der Waals surface area contributed by atoms with Gasteiger partial charge in [0, 0.05) is 87.7 Å². The molecule has 6 rings (SSSR count). The second-order valence-corrected chi connectivity index (χ2v) is 25.6. The molecule has 0 bridgehead atoms. The summed E-state index contributed by atoms with van der Waals surface area (Å²) in [6.07, 6.45) is -1.01. The molecule has 6 aromatic rings. The Morgan fingerprint density at radius 1 is 0.258 bits per heavy atom. The Morgan fingerprint density at radius 3 is 0.731 bits per heavy atom. The highest BCUT2D eigenvalue weighted by Crippen LogP contribution is 2.36. The fourth-order valence-electron chi connectivity index (χ4n) is 12.0. The minimum absolute atomic E-state index is 0.0307. The van der Waals surface area contributed by atoms with Crippen molar-refractivity contribution in [3.05, 3.63) is 212 Å². The van der Waals surface area contributed by atoms with Crippen molar-refractivity contribution >= 4 is 0 Å². The summed E-state index contributed by atoms with van der Waals surface area (Å²) in [6.45, 7) is 21.2. The zero-order valence-corrected chi connectivity index (χ0v) is 58.6. The summed E-state index contributed by atoms with van der Waals surface area (Å²) < 4.78 is 90.3. The maximum absolute atomic E-state index is 7.00. The molecule has 0 heterocycles. The van der Waals surface area contributed by atoms with Crippen molar-refractivity contribution in [2.24, 2.45) is 29.1 Å². The van der Waals surface area contributed by atoms with E-state index in [1.165, 1.54) is 0 Å². The predicted molar refractivity (Wildman–Crippen MR) is 364 cm³/mol. The summed E-state index contributed by atoms with van der Waals surface area (Å²) in [4.78, 5) is 0. The summed E-state index contributed by atoms with van der Waals surface area (Å²) in [6, 6.07) is 50.6. The Kier molecular flexibility index (Phi) is 33.8. The van der Waals surface area contributed by atoms with Gasteiger partial charge in [-0.15, -0.1) is 0 Å². The van der Waals surface area contributed by atoms with Crippen LogP contribution < -0.4 is 0 Å². The maximum atomic E-state index is 7.00. The maximum Gasteiger partial charge on any atom is 0.0896 e. The van der Waals surface area contributed by atoms with Crippen LogP contribution in [0.2, 0.25) is 0 Å². The molecule has 93 heavy (non-hydrogen) atoms.